The van der Waals surface area contributed by atoms with Gasteiger partial charge in [-0.25, -0.2) is 9.78 Å². The Morgan fingerprint density at radius 2 is 1.77 bits per heavy atom. The summed E-state index contributed by atoms with van der Waals surface area (Å²) in [6, 6.07) is 0.130. The van der Waals surface area contributed by atoms with E-state index in [1.807, 2.05) is 20.8 Å². The number of aryl methyl sites for hydroxylation is 1. The van der Waals surface area contributed by atoms with Crippen molar-refractivity contribution in [1.82, 2.24) is 20.2 Å². The van der Waals surface area contributed by atoms with E-state index in [0.29, 0.717) is 0 Å². The number of carbonyl (C=O) groups excluding carboxylic acids is 1. The Morgan fingerprint density at radius 3 is 2.42 bits per heavy atom. The van der Waals surface area contributed by atoms with Gasteiger partial charge in [0.1, 0.15) is 5.60 Å². The van der Waals surface area contributed by atoms with Gasteiger partial charge in [-0.15, -0.1) is 11.3 Å². The van der Waals surface area contributed by atoms with Crippen LogP contribution >= 0.6 is 11.3 Å². The SMILES string of the molecule is Cc1csc2c(N3CCC(NC(=O)OC(C)(C)C)CC3)nc(N3CCN(C)CC3)nc12. The number of alkyl carbamates (subject to hydrolysis) is 1. The molecule has 0 atom stereocenters. The Morgan fingerprint density at radius 1 is 1.10 bits per heavy atom. The fraction of sp³-hybridized carbons (Fsp3) is 0.682. The molecule has 9 heteroatoms. The van der Waals surface area contributed by atoms with Crippen molar-refractivity contribution < 1.29 is 9.53 Å². The highest BCUT2D eigenvalue weighted by Crippen LogP contribution is 2.35. The van der Waals surface area contributed by atoms with Crippen LogP contribution < -0.4 is 15.1 Å². The lowest BCUT2D eigenvalue weighted by molar-refractivity contribution is 0.0497. The van der Waals surface area contributed by atoms with Crippen molar-refractivity contribution in [2.45, 2.75) is 52.2 Å². The normalized spacial score (nSPS) is 19.1. The lowest BCUT2D eigenvalue weighted by Gasteiger charge is -2.35. The van der Waals surface area contributed by atoms with E-state index in [9.17, 15) is 4.79 Å². The average Bonchev–Trinajstić information content (AvgIpc) is 3.08. The van der Waals surface area contributed by atoms with Gasteiger partial charge in [-0.1, -0.05) is 0 Å². The quantitative estimate of drug-likeness (QED) is 0.776. The average molecular weight is 447 g/mol. The number of carbonyl (C=O) groups is 1. The Kier molecular flexibility index (Phi) is 6.25. The highest BCUT2D eigenvalue weighted by atomic mass is 32.1. The van der Waals surface area contributed by atoms with E-state index in [1.54, 1.807) is 11.3 Å². The maximum Gasteiger partial charge on any atom is 0.407 e. The first-order valence-corrected chi connectivity index (χ1v) is 12.0. The van der Waals surface area contributed by atoms with Crippen LogP contribution in [0, 0.1) is 6.92 Å². The largest absolute Gasteiger partial charge is 0.444 e. The fourth-order valence-electron chi connectivity index (χ4n) is 4.08. The number of nitrogens with zero attached hydrogens (tertiary/aromatic N) is 5. The van der Waals surface area contributed by atoms with Gasteiger partial charge in [-0.05, 0) is 58.5 Å². The summed E-state index contributed by atoms with van der Waals surface area (Å²) in [6.07, 6.45) is 1.42. The molecule has 0 aromatic carbocycles. The number of ether oxygens (including phenoxy) is 1. The van der Waals surface area contributed by atoms with Gasteiger partial charge in [0.2, 0.25) is 5.95 Å². The summed E-state index contributed by atoms with van der Waals surface area (Å²) in [5.74, 6) is 1.87. The van der Waals surface area contributed by atoms with E-state index < -0.39 is 5.60 Å². The Bertz CT molecular complexity index is 924. The molecule has 0 unspecified atom stereocenters. The molecule has 2 aromatic rings. The molecule has 0 spiro atoms. The number of rotatable bonds is 3. The maximum absolute atomic E-state index is 12.1. The first-order chi connectivity index (χ1) is 14.7. The second-order valence-corrected chi connectivity index (χ2v) is 10.5. The molecule has 31 heavy (non-hydrogen) atoms. The molecule has 0 radical (unpaired) electrons. The van der Waals surface area contributed by atoms with Crippen LogP contribution in [0.4, 0.5) is 16.6 Å². The second-order valence-electron chi connectivity index (χ2n) is 9.64. The molecule has 4 heterocycles. The first kappa shape index (κ1) is 22.1. The first-order valence-electron chi connectivity index (χ1n) is 11.1. The van der Waals surface area contributed by atoms with Crippen LogP contribution in [0.15, 0.2) is 5.38 Å². The van der Waals surface area contributed by atoms with E-state index in [4.69, 9.17) is 14.7 Å². The Balaban J connectivity index is 1.49. The zero-order chi connectivity index (χ0) is 22.2. The number of piperazine rings is 1. The maximum atomic E-state index is 12.1. The van der Waals surface area contributed by atoms with Gasteiger partial charge < -0.3 is 24.8 Å². The highest BCUT2D eigenvalue weighted by Gasteiger charge is 2.27. The minimum absolute atomic E-state index is 0.130. The number of piperidine rings is 1. The molecule has 8 nitrogen and oxygen atoms in total. The molecule has 4 rings (SSSR count). The monoisotopic (exact) mass is 446 g/mol. The van der Waals surface area contributed by atoms with Crippen LogP contribution in [0.3, 0.4) is 0 Å². The molecule has 0 aliphatic carbocycles. The predicted octanol–water partition coefficient (Wildman–Crippen LogP) is 3.25. The minimum Gasteiger partial charge on any atom is -0.444 e. The number of hydrogen-bond acceptors (Lipinski definition) is 8. The van der Waals surface area contributed by atoms with E-state index >= 15 is 0 Å². The van der Waals surface area contributed by atoms with Crippen molar-refractivity contribution in [2.24, 2.45) is 0 Å². The summed E-state index contributed by atoms with van der Waals surface area (Å²) < 4.78 is 6.57. The summed E-state index contributed by atoms with van der Waals surface area (Å²) in [7, 11) is 2.16. The second kappa shape index (κ2) is 8.78. The summed E-state index contributed by atoms with van der Waals surface area (Å²) in [6.45, 7) is 13.4. The van der Waals surface area contributed by atoms with Gasteiger partial charge in [0, 0.05) is 45.3 Å². The number of thiophene rings is 1. The number of hydrogen-bond donors (Lipinski definition) is 1. The van der Waals surface area contributed by atoms with E-state index in [2.05, 4.69) is 39.4 Å². The summed E-state index contributed by atoms with van der Waals surface area (Å²) >= 11 is 1.72. The standard InChI is InChI=1S/C22H34N6O2S/c1-15-14-31-18-17(15)24-20(28-12-10-26(5)11-13-28)25-19(18)27-8-6-16(7-9-27)23-21(29)30-22(2,3)4/h14,16H,6-13H2,1-5H3,(H,23,29). The smallest absolute Gasteiger partial charge is 0.407 e. The minimum atomic E-state index is -0.478. The van der Waals surface area contributed by atoms with Crippen molar-refractivity contribution in [2.75, 3.05) is 56.1 Å². The molecule has 2 fully saturated rings. The number of anilines is 2. The summed E-state index contributed by atoms with van der Waals surface area (Å²) in [5, 5.41) is 5.20. The van der Waals surface area contributed by atoms with Crippen molar-refractivity contribution >= 4 is 39.4 Å². The summed E-state index contributed by atoms with van der Waals surface area (Å²) in [4.78, 5) is 29.1. The van der Waals surface area contributed by atoms with E-state index in [1.165, 1.54) is 5.56 Å². The molecular formula is C22H34N6O2S. The zero-order valence-corrected chi connectivity index (χ0v) is 20.1. The van der Waals surface area contributed by atoms with Crippen LogP contribution in [0.25, 0.3) is 10.2 Å². The third kappa shape index (κ3) is 5.20. The van der Waals surface area contributed by atoms with Gasteiger partial charge >= 0.3 is 6.09 Å². The molecule has 2 aliphatic heterocycles. The molecule has 0 bridgehead atoms. The lowest BCUT2D eigenvalue weighted by atomic mass is 10.1. The molecule has 1 N–H and O–H groups in total. The third-order valence-corrected chi connectivity index (χ3v) is 6.95. The van der Waals surface area contributed by atoms with Crippen LogP contribution in [0.5, 0.6) is 0 Å². The number of amides is 1. The molecule has 2 saturated heterocycles. The fourth-order valence-corrected chi connectivity index (χ4v) is 5.08. The Hall–Kier alpha value is -2.13. The van der Waals surface area contributed by atoms with E-state index in [0.717, 1.165) is 74.1 Å². The molecule has 170 valence electrons. The van der Waals surface area contributed by atoms with Crippen LogP contribution in [-0.4, -0.2) is 78.9 Å². The van der Waals surface area contributed by atoms with Crippen molar-refractivity contribution in [3.8, 4) is 0 Å². The number of likely N-dealkylation sites (N-methyl/N-ethyl adjacent to an activating group) is 1. The number of aromatic nitrogens is 2. The molecule has 0 saturated carbocycles. The van der Waals surface area contributed by atoms with Crippen molar-refractivity contribution in [3.63, 3.8) is 0 Å². The third-order valence-electron chi connectivity index (χ3n) is 5.86. The van der Waals surface area contributed by atoms with Crippen LogP contribution in [0.2, 0.25) is 0 Å². The summed E-state index contributed by atoms with van der Waals surface area (Å²) in [5.41, 5.74) is 1.80. The van der Waals surface area contributed by atoms with E-state index in [-0.39, 0.29) is 12.1 Å². The van der Waals surface area contributed by atoms with Gasteiger partial charge in [-0.3, -0.25) is 0 Å². The molecule has 2 aromatic heterocycles. The number of nitrogens with one attached hydrogen (secondary N) is 1. The van der Waals surface area contributed by atoms with Crippen molar-refractivity contribution in [3.05, 3.63) is 10.9 Å². The van der Waals surface area contributed by atoms with Crippen LogP contribution in [-0.2, 0) is 4.74 Å². The molecule has 2 aliphatic rings. The van der Waals surface area contributed by atoms with Gasteiger partial charge in [0.25, 0.3) is 0 Å². The van der Waals surface area contributed by atoms with Crippen LogP contribution in [0.1, 0.15) is 39.2 Å². The zero-order valence-electron chi connectivity index (χ0n) is 19.3. The highest BCUT2D eigenvalue weighted by molar-refractivity contribution is 7.18. The van der Waals surface area contributed by atoms with Crippen molar-refractivity contribution in [1.29, 1.82) is 0 Å². The predicted molar refractivity (Wildman–Crippen MR) is 126 cm³/mol. The molecule has 1 amide bonds. The molecular weight excluding hydrogens is 412 g/mol. The van der Waals surface area contributed by atoms with Gasteiger partial charge in [-0.2, -0.15) is 4.98 Å². The lowest BCUT2D eigenvalue weighted by Crippen LogP contribution is -2.47. The Labute approximate surface area is 188 Å². The topological polar surface area (TPSA) is 73.8 Å². The van der Waals surface area contributed by atoms with Gasteiger partial charge in [0.05, 0.1) is 10.2 Å². The van der Waals surface area contributed by atoms with Gasteiger partial charge in [0.15, 0.2) is 5.82 Å². The number of fused-ring (bicyclic) bond motifs is 1.